The lowest BCUT2D eigenvalue weighted by Crippen LogP contribution is -2.25. The Labute approximate surface area is 132 Å². The van der Waals surface area contributed by atoms with Gasteiger partial charge in [-0.05, 0) is 25.0 Å². The third-order valence-corrected chi connectivity index (χ3v) is 3.33. The fourth-order valence-corrected chi connectivity index (χ4v) is 2.35. The smallest absolute Gasteiger partial charge is 0.142 e. The van der Waals surface area contributed by atoms with E-state index < -0.39 is 0 Å². The Kier molecular flexibility index (Phi) is 6.01. The number of anilines is 3. The molecule has 0 atom stereocenters. The van der Waals surface area contributed by atoms with E-state index in [0.717, 1.165) is 49.0 Å². The lowest BCUT2D eigenvalue weighted by atomic mass is 10.3. The van der Waals surface area contributed by atoms with Crippen LogP contribution in [-0.2, 0) is 0 Å². The van der Waals surface area contributed by atoms with Crippen molar-refractivity contribution in [2.75, 3.05) is 30.4 Å². The molecule has 0 aliphatic rings. The van der Waals surface area contributed by atoms with Crippen molar-refractivity contribution < 1.29 is 4.74 Å². The number of rotatable bonds is 8. The number of benzene rings is 1. The zero-order valence-electron chi connectivity index (χ0n) is 13.5. The second kappa shape index (κ2) is 8.22. The first-order valence-electron chi connectivity index (χ1n) is 7.75. The molecule has 0 saturated carbocycles. The Bertz CT molecular complexity index is 582. The van der Waals surface area contributed by atoms with E-state index in [1.807, 2.05) is 30.3 Å². The Balaban J connectivity index is 2.20. The fourth-order valence-electron chi connectivity index (χ4n) is 2.35. The SMILES string of the molecule is CCCN(CCC)c1cc(Nc2ccccc2OC)ncn1. The number of hydrogen-bond donors (Lipinski definition) is 1. The Hall–Kier alpha value is -2.30. The van der Waals surface area contributed by atoms with Gasteiger partial charge in [0, 0.05) is 19.2 Å². The van der Waals surface area contributed by atoms with Crippen molar-refractivity contribution in [1.82, 2.24) is 9.97 Å². The molecule has 0 unspecified atom stereocenters. The summed E-state index contributed by atoms with van der Waals surface area (Å²) in [5, 5.41) is 3.30. The monoisotopic (exact) mass is 300 g/mol. The molecule has 0 aliphatic carbocycles. The highest BCUT2D eigenvalue weighted by Crippen LogP contribution is 2.27. The number of para-hydroxylation sites is 2. The zero-order chi connectivity index (χ0) is 15.8. The summed E-state index contributed by atoms with van der Waals surface area (Å²) in [4.78, 5) is 11.0. The second-order valence-electron chi connectivity index (χ2n) is 5.07. The van der Waals surface area contributed by atoms with Crippen molar-refractivity contribution >= 4 is 17.3 Å². The average Bonchev–Trinajstić information content (AvgIpc) is 2.55. The molecule has 2 rings (SSSR count). The van der Waals surface area contributed by atoms with Gasteiger partial charge in [-0.2, -0.15) is 0 Å². The highest BCUT2D eigenvalue weighted by molar-refractivity contribution is 5.65. The maximum absolute atomic E-state index is 5.36. The molecule has 2 aromatic rings. The third-order valence-electron chi connectivity index (χ3n) is 3.33. The maximum Gasteiger partial charge on any atom is 0.142 e. The molecule has 1 heterocycles. The number of methoxy groups -OCH3 is 1. The molecule has 118 valence electrons. The largest absolute Gasteiger partial charge is 0.495 e. The van der Waals surface area contributed by atoms with Gasteiger partial charge < -0.3 is 15.0 Å². The number of ether oxygens (including phenoxy) is 1. The van der Waals surface area contributed by atoms with Gasteiger partial charge in [0.15, 0.2) is 0 Å². The minimum absolute atomic E-state index is 0.770. The summed E-state index contributed by atoms with van der Waals surface area (Å²) in [5.41, 5.74) is 0.896. The minimum Gasteiger partial charge on any atom is -0.495 e. The molecule has 0 bridgehead atoms. The lowest BCUT2D eigenvalue weighted by Gasteiger charge is -2.22. The van der Waals surface area contributed by atoms with E-state index in [-0.39, 0.29) is 0 Å². The highest BCUT2D eigenvalue weighted by Gasteiger charge is 2.09. The van der Waals surface area contributed by atoms with Gasteiger partial charge in [-0.3, -0.25) is 0 Å². The van der Waals surface area contributed by atoms with E-state index in [9.17, 15) is 0 Å². The van der Waals surface area contributed by atoms with Crippen LogP contribution in [0, 0.1) is 0 Å². The predicted octanol–water partition coefficient (Wildman–Crippen LogP) is 3.86. The molecule has 0 radical (unpaired) electrons. The van der Waals surface area contributed by atoms with Crippen molar-refractivity contribution in [2.24, 2.45) is 0 Å². The molecular formula is C17H24N4O. The fraction of sp³-hybridized carbons (Fsp3) is 0.412. The summed E-state index contributed by atoms with van der Waals surface area (Å²) in [6.07, 6.45) is 3.80. The van der Waals surface area contributed by atoms with E-state index in [1.54, 1.807) is 13.4 Å². The molecular weight excluding hydrogens is 276 g/mol. The Morgan fingerprint density at radius 1 is 1.09 bits per heavy atom. The molecule has 5 nitrogen and oxygen atoms in total. The minimum atomic E-state index is 0.770. The summed E-state index contributed by atoms with van der Waals surface area (Å²) < 4.78 is 5.36. The quantitative estimate of drug-likeness (QED) is 0.802. The van der Waals surface area contributed by atoms with Crippen LogP contribution in [0.25, 0.3) is 0 Å². The van der Waals surface area contributed by atoms with E-state index in [1.165, 1.54) is 0 Å². The average molecular weight is 300 g/mol. The van der Waals surface area contributed by atoms with E-state index >= 15 is 0 Å². The zero-order valence-corrected chi connectivity index (χ0v) is 13.5. The van der Waals surface area contributed by atoms with Crippen LogP contribution in [0.2, 0.25) is 0 Å². The van der Waals surface area contributed by atoms with Crippen LogP contribution in [0.15, 0.2) is 36.7 Å². The van der Waals surface area contributed by atoms with Crippen LogP contribution < -0.4 is 15.0 Å². The molecule has 1 aromatic carbocycles. The number of nitrogens with one attached hydrogen (secondary N) is 1. The summed E-state index contributed by atoms with van der Waals surface area (Å²) in [5.74, 6) is 2.52. The molecule has 0 spiro atoms. The summed E-state index contributed by atoms with van der Waals surface area (Å²) >= 11 is 0. The van der Waals surface area contributed by atoms with Gasteiger partial charge in [-0.1, -0.05) is 26.0 Å². The number of hydrogen-bond acceptors (Lipinski definition) is 5. The molecule has 22 heavy (non-hydrogen) atoms. The van der Waals surface area contributed by atoms with Gasteiger partial charge in [-0.15, -0.1) is 0 Å². The first-order chi connectivity index (χ1) is 10.8. The first-order valence-corrected chi connectivity index (χ1v) is 7.75. The van der Waals surface area contributed by atoms with Crippen molar-refractivity contribution in [1.29, 1.82) is 0 Å². The van der Waals surface area contributed by atoms with E-state index in [0.29, 0.717) is 0 Å². The van der Waals surface area contributed by atoms with Gasteiger partial charge in [0.1, 0.15) is 23.7 Å². The molecule has 1 aromatic heterocycles. The van der Waals surface area contributed by atoms with Crippen LogP contribution in [-0.4, -0.2) is 30.2 Å². The second-order valence-corrected chi connectivity index (χ2v) is 5.07. The van der Waals surface area contributed by atoms with Crippen molar-refractivity contribution in [2.45, 2.75) is 26.7 Å². The summed E-state index contributed by atoms with van der Waals surface area (Å²) in [6, 6.07) is 9.78. The molecule has 5 heteroatoms. The van der Waals surface area contributed by atoms with Gasteiger partial charge in [-0.25, -0.2) is 9.97 Å². The van der Waals surface area contributed by atoms with E-state index in [4.69, 9.17) is 4.74 Å². The lowest BCUT2D eigenvalue weighted by molar-refractivity contribution is 0.417. The van der Waals surface area contributed by atoms with Crippen LogP contribution in [0.3, 0.4) is 0 Å². The van der Waals surface area contributed by atoms with Gasteiger partial charge >= 0.3 is 0 Å². The third kappa shape index (κ3) is 4.10. The van der Waals surface area contributed by atoms with Gasteiger partial charge in [0.25, 0.3) is 0 Å². The number of nitrogens with zero attached hydrogens (tertiary/aromatic N) is 3. The highest BCUT2D eigenvalue weighted by atomic mass is 16.5. The maximum atomic E-state index is 5.36. The molecule has 0 saturated heterocycles. The molecule has 0 fully saturated rings. The molecule has 1 N–H and O–H groups in total. The van der Waals surface area contributed by atoms with Gasteiger partial charge in [0.05, 0.1) is 12.8 Å². The van der Waals surface area contributed by atoms with Crippen molar-refractivity contribution in [3.8, 4) is 5.75 Å². The topological polar surface area (TPSA) is 50.3 Å². The Morgan fingerprint density at radius 2 is 1.82 bits per heavy atom. The van der Waals surface area contributed by atoms with Crippen molar-refractivity contribution in [3.05, 3.63) is 36.7 Å². The first kappa shape index (κ1) is 16.1. The van der Waals surface area contributed by atoms with Gasteiger partial charge in [0.2, 0.25) is 0 Å². The van der Waals surface area contributed by atoms with Crippen LogP contribution in [0.4, 0.5) is 17.3 Å². The normalized spacial score (nSPS) is 10.3. The molecule has 0 amide bonds. The summed E-state index contributed by atoms with van der Waals surface area (Å²) in [6.45, 7) is 6.35. The number of aromatic nitrogens is 2. The van der Waals surface area contributed by atoms with Crippen LogP contribution >= 0.6 is 0 Å². The Morgan fingerprint density at radius 3 is 2.50 bits per heavy atom. The molecule has 0 aliphatic heterocycles. The van der Waals surface area contributed by atoms with Crippen LogP contribution in [0.1, 0.15) is 26.7 Å². The standard InChI is InChI=1S/C17H24N4O/c1-4-10-21(11-5-2)17-12-16(18-13-19-17)20-14-8-6-7-9-15(14)22-3/h6-9,12-13H,4-5,10-11H2,1-3H3,(H,18,19,20). The van der Waals surface area contributed by atoms with Crippen LogP contribution in [0.5, 0.6) is 5.75 Å². The predicted molar refractivity (Wildman–Crippen MR) is 91.1 cm³/mol. The summed E-state index contributed by atoms with van der Waals surface area (Å²) in [7, 11) is 1.66. The van der Waals surface area contributed by atoms with E-state index in [2.05, 4.69) is 34.0 Å². The van der Waals surface area contributed by atoms with Crippen molar-refractivity contribution in [3.63, 3.8) is 0 Å².